The van der Waals surface area contributed by atoms with Crippen LogP contribution in [0.4, 0.5) is 0 Å². The number of nitrogens with zero attached hydrogens (tertiary/aromatic N) is 4. The third-order valence-corrected chi connectivity index (χ3v) is 28.1. The smallest absolute Gasteiger partial charge is 0.305 e. The molecule has 13 atom stereocenters. The predicted octanol–water partition coefficient (Wildman–Crippen LogP) is 2.83. The molecule has 5 aromatic carbocycles. The summed E-state index contributed by atoms with van der Waals surface area (Å²) in [5.74, 6) is -20.3. The number of ketones is 2. The van der Waals surface area contributed by atoms with Crippen LogP contribution in [0.5, 0.6) is 17.2 Å². The molecule has 4 aliphatic rings. The van der Waals surface area contributed by atoms with Crippen LogP contribution in [-0.4, -0.2) is 275 Å². The summed E-state index contributed by atoms with van der Waals surface area (Å²) < 4.78 is 17.8. The second-order valence-electron chi connectivity index (χ2n) is 36.4. The number of aromatic amines is 2. The molecular weight excluding hydrogens is 1860 g/mol. The number of aliphatic hydroxyl groups excluding tert-OH is 1. The first-order chi connectivity index (χ1) is 66.8. The number of Topliss-reactive ketones (excluding diaryl/α,β-unsaturated/α-hetero) is 2. The largest absolute Gasteiger partial charge is 0.497 e. The molecule has 4 aliphatic heterocycles. The van der Waals surface area contributed by atoms with Crippen LogP contribution in [0.1, 0.15) is 131 Å². The van der Waals surface area contributed by atoms with Gasteiger partial charge in [-0.2, -0.15) is 11.8 Å². The predicted molar refractivity (Wildman–Crippen MR) is 524 cm³/mol. The third kappa shape index (κ3) is 29.3. The lowest BCUT2D eigenvalue weighted by Crippen LogP contribution is -2.61. The van der Waals surface area contributed by atoms with E-state index in [2.05, 4.69) is 57.8 Å². The number of rotatable bonds is 17. The summed E-state index contributed by atoms with van der Waals surface area (Å²) in [6.07, 6.45) is -0.866. The van der Waals surface area contributed by atoms with E-state index in [0.717, 1.165) is 35.3 Å². The Labute approximate surface area is 822 Å². The number of nitrogens with one attached hydrogen (secondary N) is 11. The Morgan fingerprint density at radius 3 is 1.38 bits per heavy atom. The number of hydrogen-bond acceptors (Lipinski definition) is 25. The van der Waals surface area contributed by atoms with E-state index in [4.69, 9.17) is 25.7 Å². The highest BCUT2D eigenvalue weighted by Gasteiger charge is 2.43. The zero-order chi connectivity index (χ0) is 101. The number of benzene rings is 5. The minimum absolute atomic E-state index is 0.0264. The van der Waals surface area contributed by atoms with E-state index in [1.807, 2.05) is 0 Å². The SMILES string of the molecule is CC[C@@H]1CC(=O)[C@H]([C@@H](C)O)NC(=O)[C@@H](CC(=O)[C@H](C)N)CSCC(=O)N2Cc3cc(cc(OC)c3)CN3Cc4cc(cc(OC)c4)CN(Cc4cc(cc(OC)c4)C2)C(=O)CSC[C@H](NC1=O)C(=O)N[C@@H](Cc1c[nH]c2ccccc12)C(=O)N[C@@H](C(C)C)C(=O)N[C@@H](CC(=O)O)C(=O)NCC(=O)N[C@@H](Cc1c[nH]c2ccccc12)C(=O)N[C@@H](C(C)C)C(=O)N1CCC[C@H]1C(=O)N[C@H](C(N)=O)CSCC3=O. The molecule has 0 aliphatic carbocycles. The average Bonchev–Trinajstić information content (AvgIpc) is 1.80. The second-order valence-corrected chi connectivity index (χ2v) is 39.5. The number of hydrogen-bond donors (Lipinski definition) is 15. The van der Waals surface area contributed by atoms with E-state index in [0.29, 0.717) is 90.0 Å². The Kier molecular flexibility index (Phi) is 38.5. The van der Waals surface area contributed by atoms with Crippen molar-refractivity contribution in [3.8, 4) is 17.2 Å². The molecule has 0 spiro atoms. The van der Waals surface area contributed by atoms with Gasteiger partial charge in [-0.15, -0.1) is 23.5 Å². The Morgan fingerprint density at radius 2 is 0.929 bits per heavy atom. The molecule has 42 heteroatoms. The number of aromatic nitrogens is 2. The number of aliphatic carboxylic acids is 1. The molecule has 17 N–H and O–H groups in total. The molecule has 14 amide bonds. The standard InChI is InChI=1S/C98H125N17O22S3/c1-11-62-34-80(118)88(55(7)116)111-91(127)65(35-79(117)54(6)99)46-138-49-82(120)112-40-56-23-58(28-66(26-56)135-8)42-113-43-59-25-61(31-68(29-59)137-10)45-114(44-60-24-57(41-112)27-67(30-60)136-9)84(122)51-140-48-77(108-90(62)126)95(131)105-74(33-64-38-102-72-20-15-13-18-70(64)72)94(130)109-86(52(2)3)97(133)106-75(36-85(123)124)92(128)103-39-81(119)104-73(32-63-37-101-71-19-14-12-17-69(63)71)93(129)110-87(53(4)5)98(134)115-22-16-21-78(115)96(132)107-76(89(100)125)47-139-50-83(113)121/h12-15,17-20,23-31,37-38,52-55,62,65,73-78,86-88,101-102,116H,11,16,21-22,32-36,39-51,99H2,1-10H3,(H2,100,125)(H,103,128)(H,104,119)(H,105,131)(H,106,133)(H,107,132)(H,108,126)(H,109,130)(H,110,129)(H,111,127)(H,123,124)/t54-,55+,62+,65-,73-,74-,75-,76-,77-,78-,86-,87-,88-/m0/s1. The van der Waals surface area contributed by atoms with Crippen LogP contribution < -0.4 is 73.5 Å². The van der Waals surface area contributed by atoms with E-state index in [9.17, 15) is 53.4 Å². The summed E-state index contributed by atoms with van der Waals surface area (Å²) in [7, 11) is 4.33. The first-order valence-corrected chi connectivity index (χ1v) is 49.9. The van der Waals surface area contributed by atoms with E-state index in [1.54, 1.807) is 136 Å². The van der Waals surface area contributed by atoms with E-state index in [-0.39, 0.29) is 94.5 Å². The Hall–Kier alpha value is -13.1. The minimum Gasteiger partial charge on any atom is -0.497 e. The van der Waals surface area contributed by atoms with Crippen LogP contribution in [0, 0.1) is 23.7 Å². The van der Waals surface area contributed by atoms with Crippen molar-refractivity contribution in [1.82, 2.24) is 77.4 Å². The van der Waals surface area contributed by atoms with Crippen molar-refractivity contribution < 1.29 is 106 Å². The molecule has 0 saturated carbocycles. The number of carbonyl (C=O) groups excluding carboxylic acids is 16. The van der Waals surface area contributed by atoms with Gasteiger partial charge in [-0.1, -0.05) is 89.2 Å². The van der Waals surface area contributed by atoms with Crippen molar-refractivity contribution in [2.24, 2.45) is 35.1 Å². The van der Waals surface area contributed by atoms with Gasteiger partial charge in [0.15, 0.2) is 5.78 Å². The molecule has 39 nitrogen and oxygen atoms in total. The first-order valence-electron chi connectivity index (χ1n) is 46.4. The maximum atomic E-state index is 15.8. The number of para-hydroxylation sites is 2. The van der Waals surface area contributed by atoms with Crippen molar-refractivity contribution in [3.05, 3.63) is 160 Å². The molecule has 0 radical (unpaired) electrons. The van der Waals surface area contributed by atoms with Crippen molar-refractivity contribution in [2.75, 3.05) is 68.9 Å². The van der Waals surface area contributed by atoms with Crippen LogP contribution >= 0.6 is 35.3 Å². The fraction of sp³-hybridized carbons (Fsp3) is 0.480. The number of nitrogens with two attached hydrogens (primary N) is 2. The lowest BCUT2D eigenvalue weighted by atomic mass is 9.92. The second kappa shape index (κ2) is 50.2. The van der Waals surface area contributed by atoms with Gasteiger partial charge in [0.1, 0.15) is 77.4 Å². The number of thioether (sulfide) groups is 3. The van der Waals surface area contributed by atoms with Crippen LogP contribution in [0.15, 0.2) is 116 Å². The number of primary amides is 1. The number of carboxylic acid groups (broad SMARTS) is 1. The zero-order valence-corrected chi connectivity index (χ0v) is 82.4. The quantitative estimate of drug-likeness (QED) is 0.0623. The first kappa shape index (κ1) is 107. The number of aliphatic hydroxyl groups is 1. The Morgan fingerprint density at radius 1 is 0.486 bits per heavy atom. The monoisotopic (exact) mass is 1990 g/mol. The maximum Gasteiger partial charge on any atom is 0.305 e. The molecular formula is C98H125N17O22S3. The average molecular weight is 1990 g/mol. The number of carbonyl (C=O) groups is 17. The zero-order valence-electron chi connectivity index (χ0n) is 79.9. The summed E-state index contributed by atoms with van der Waals surface area (Å²) in [6, 6.07) is 14.4. The number of fused-ring (bicyclic) bond motifs is 11. The summed E-state index contributed by atoms with van der Waals surface area (Å²) >= 11 is 2.85. The highest BCUT2D eigenvalue weighted by molar-refractivity contribution is 8.00. The van der Waals surface area contributed by atoms with Crippen molar-refractivity contribution in [1.29, 1.82) is 0 Å². The molecule has 6 heterocycles. The maximum absolute atomic E-state index is 15.8. The third-order valence-electron chi connectivity index (χ3n) is 24.9. The molecule has 140 heavy (non-hydrogen) atoms. The highest BCUT2D eigenvalue weighted by Crippen LogP contribution is 2.32. The number of carboxylic acids is 1. The summed E-state index contributed by atoms with van der Waals surface area (Å²) in [4.78, 5) is 264. The van der Waals surface area contributed by atoms with Crippen molar-refractivity contribution in [2.45, 2.75) is 206 Å². The minimum atomic E-state index is -1.96. The molecule has 0 unspecified atom stereocenters. The molecule has 7 aromatic rings. The van der Waals surface area contributed by atoms with E-state index < -0.39 is 228 Å². The summed E-state index contributed by atoms with van der Waals surface area (Å²) in [5, 5.41) is 46.8. The molecule has 2 aromatic heterocycles. The van der Waals surface area contributed by atoms with Gasteiger partial charge in [0.05, 0.1) is 69.6 Å². The topological polar surface area (TPSA) is 563 Å². The van der Waals surface area contributed by atoms with Gasteiger partial charge in [-0.05, 0) is 138 Å². The van der Waals surface area contributed by atoms with E-state index >= 15 is 38.4 Å². The molecule has 10 bridgehead atoms. The van der Waals surface area contributed by atoms with Crippen LogP contribution in [-0.2, 0) is 134 Å². The summed E-state index contributed by atoms with van der Waals surface area (Å²) in [5.41, 5.74) is 17.4. The Bertz CT molecular complexity index is 5750. The van der Waals surface area contributed by atoms with Crippen LogP contribution in [0.3, 0.4) is 0 Å². The number of ether oxygens (including phenoxy) is 3. The van der Waals surface area contributed by atoms with Gasteiger partial charge in [-0.3, -0.25) is 81.5 Å². The molecule has 11 rings (SSSR count). The molecule has 1 fully saturated rings. The van der Waals surface area contributed by atoms with Gasteiger partial charge in [0, 0.05) is 129 Å². The summed E-state index contributed by atoms with van der Waals surface area (Å²) in [6.45, 7) is 8.77. The molecule has 1 saturated heterocycles. The van der Waals surface area contributed by atoms with Crippen molar-refractivity contribution in [3.63, 3.8) is 0 Å². The van der Waals surface area contributed by atoms with Gasteiger partial charge >= 0.3 is 5.97 Å². The van der Waals surface area contributed by atoms with Gasteiger partial charge in [0.2, 0.25) is 82.7 Å². The van der Waals surface area contributed by atoms with Gasteiger partial charge < -0.3 is 113 Å². The van der Waals surface area contributed by atoms with Crippen LogP contribution in [0.2, 0.25) is 0 Å². The number of amides is 14. The Balaban J connectivity index is 1.04. The van der Waals surface area contributed by atoms with E-state index in [1.165, 1.54) is 68.6 Å². The van der Waals surface area contributed by atoms with Gasteiger partial charge in [-0.25, -0.2) is 0 Å². The fourth-order valence-corrected chi connectivity index (χ4v) is 20.2. The number of H-pyrrole nitrogens is 2. The molecule has 752 valence electrons. The normalized spacial score (nSPS) is 23.4. The number of methoxy groups -OCH3 is 3. The lowest BCUT2D eigenvalue weighted by molar-refractivity contribution is -0.143. The van der Waals surface area contributed by atoms with Crippen molar-refractivity contribution >= 4 is 157 Å². The van der Waals surface area contributed by atoms with Gasteiger partial charge in [0.25, 0.3) is 0 Å². The van der Waals surface area contributed by atoms with Crippen LogP contribution in [0.25, 0.3) is 21.8 Å². The highest BCUT2D eigenvalue weighted by atomic mass is 32.2. The fourth-order valence-electron chi connectivity index (χ4n) is 17.3. The lowest BCUT2D eigenvalue weighted by Gasteiger charge is -2.32.